The molecule has 0 unspecified atom stereocenters. The van der Waals surface area contributed by atoms with Crippen molar-refractivity contribution < 1.29 is 14.4 Å². The minimum Gasteiger partial charge on any atom is -0.339 e. The van der Waals surface area contributed by atoms with Crippen LogP contribution in [-0.4, -0.2) is 57.3 Å². The number of hydrogen-bond donors (Lipinski definition) is 1. The number of benzene rings is 2. The molecule has 2 saturated heterocycles. The molecule has 3 atom stereocenters. The summed E-state index contributed by atoms with van der Waals surface area (Å²) in [6.07, 6.45) is 0. The molecule has 0 saturated carbocycles. The molecule has 2 aliphatic heterocycles. The molecule has 0 radical (unpaired) electrons. The molecule has 2 heterocycles. The molecule has 0 spiro atoms. The Labute approximate surface area is 174 Å². The van der Waals surface area contributed by atoms with Gasteiger partial charge in [0.05, 0.1) is 11.9 Å². The lowest BCUT2D eigenvalue weighted by atomic mass is 10.1. The van der Waals surface area contributed by atoms with E-state index in [2.05, 4.69) is 5.32 Å². The van der Waals surface area contributed by atoms with Crippen LogP contribution in [-0.2, 0) is 16.1 Å². The molecular weight excluding hydrogens is 386 g/mol. The summed E-state index contributed by atoms with van der Waals surface area (Å²) in [4.78, 5) is 41.9. The average Bonchev–Trinajstić information content (AvgIpc) is 2.75. The van der Waals surface area contributed by atoms with Crippen LogP contribution in [0.3, 0.4) is 0 Å². The van der Waals surface area contributed by atoms with Gasteiger partial charge in [0.1, 0.15) is 12.1 Å². The van der Waals surface area contributed by atoms with Crippen molar-refractivity contribution in [1.29, 1.82) is 0 Å². The van der Waals surface area contributed by atoms with Crippen LogP contribution in [0.1, 0.15) is 22.8 Å². The molecule has 150 valence electrons. The Bertz CT molecular complexity index is 906. The lowest BCUT2D eigenvalue weighted by Gasteiger charge is -2.48. The van der Waals surface area contributed by atoms with Gasteiger partial charge in [0, 0.05) is 17.9 Å². The molecule has 6 nitrogen and oxygen atoms in total. The van der Waals surface area contributed by atoms with E-state index in [1.807, 2.05) is 41.3 Å². The maximum Gasteiger partial charge on any atom is 0.251 e. The highest BCUT2D eigenvalue weighted by atomic mass is 32.2. The topological polar surface area (TPSA) is 69.7 Å². The zero-order chi connectivity index (χ0) is 20.4. The quantitative estimate of drug-likeness (QED) is 0.840. The number of nitrogens with zero attached hydrogens (tertiary/aromatic N) is 2. The third-order valence-electron chi connectivity index (χ3n) is 5.34. The van der Waals surface area contributed by atoms with Gasteiger partial charge in [0.25, 0.3) is 5.91 Å². The van der Waals surface area contributed by atoms with Crippen LogP contribution in [0, 0.1) is 0 Å². The molecule has 0 aromatic heterocycles. The molecule has 3 amide bonds. The number of hydrogen-bond acceptors (Lipinski definition) is 4. The summed E-state index contributed by atoms with van der Waals surface area (Å²) in [5, 5.41) is 2.73. The smallest absolute Gasteiger partial charge is 0.251 e. The predicted molar refractivity (Wildman–Crippen MR) is 112 cm³/mol. The van der Waals surface area contributed by atoms with Crippen LogP contribution >= 0.6 is 11.8 Å². The molecule has 1 N–H and O–H groups in total. The number of carbonyl (C=O) groups is 3. The van der Waals surface area contributed by atoms with Crippen molar-refractivity contribution in [2.75, 3.05) is 12.3 Å². The second kappa shape index (κ2) is 8.29. The Morgan fingerprint density at radius 2 is 1.69 bits per heavy atom. The van der Waals surface area contributed by atoms with Crippen molar-refractivity contribution in [2.45, 2.75) is 30.9 Å². The van der Waals surface area contributed by atoms with Gasteiger partial charge in [-0.05, 0) is 24.6 Å². The summed E-state index contributed by atoms with van der Waals surface area (Å²) in [6, 6.07) is 17.5. The van der Waals surface area contributed by atoms with Gasteiger partial charge in [-0.2, -0.15) is 0 Å². The molecule has 2 fully saturated rings. The second-order valence-electron chi connectivity index (χ2n) is 7.31. The predicted octanol–water partition coefficient (Wildman–Crippen LogP) is 2.12. The van der Waals surface area contributed by atoms with Crippen molar-refractivity contribution in [1.82, 2.24) is 15.1 Å². The van der Waals surface area contributed by atoms with Gasteiger partial charge < -0.3 is 15.1 Å². The Morgan fingerprint density at radius 3 is 2.38 bits per heavy atom. The largest absolute Gasteiger partial charge is 0.339 e. The minimum atomic E-state index is -0.625. The lowest BCUT2D eigenvalue weighted by molar-refractivity contribution is -0.153. The van der Waals surface area contributed by atoms with Crippen LogP contribution < -0.4 is 5.32 Å². The Morgan fingerprint density at radius 1 is 1.03 bits per heavy atom. The van der Waals surface area contributed by atoms with E-state index in [-0.39, 0.29) is 23.1 Å². The maximum absolute atomic E-state index is 13.1. The highest BCUT2D eigenvalue weighted by Gasteiger charge is 2.46. The fraction of sp³-hybridized carbons (Fsp3) is 0.318. The number of rotatable bonds is 4. The summed E-state index contributed by atoms with van der Waals surface area (Å²) in [5.41, 5.74) is 1.59. The summed E-state index contributed by atoms with van der Waals surface area (Å²) in [5.74, 6) is -0.0180. The van der Waals surface area contributed by atoms with Crippen LogP contribution in [0.15, 0.2) is 60.7 Å². The number of piperazine rings is 1. The Kier molecular flexibility index (Phi) is 5.58. The van der Waals surface area contributed by atoms with E-state index in [9.17, 15) is 14.4 Å². The summed E-state index contributed by atoms with van der Waals surface area (Å²) < 4.78 is 0. The first-order chi connectivity index (χ1) is 14.0. The third kappa shape index (κ3) is 4.00. The maximum atomic E-state index is 13.1. The zero-order valence-electron chi connectivity index (χ0n) is 16.2. The van der Waals surface area contributed by atoms with Crippen LogP contribution in [0.4, 0.5) is 0 Å². The first-order valence-electron chi connectivity index (χ1n) is 9.67. The van der Waals surface area contributed by atoms with Crippen LogP contribution in [0.2, 0.25) is 0 Å². The number of carbonyl (C=O) groups excluding carboxylic acids is 3. The normalized spacial score (nSPS) is 24.2. The first kappa shape index (κ1) is 19.5. The molecule has 2 aromatic rings. The van der Waals surface area contributed by atoms with Gasteiger partial charge in [0.2, 0.25) is 11.8 Å². The summed E-state index contributed by atoms with van der Waals surface area (Å²) in [7, 11) is 0. The number of nitrogens with one attached hydrogen (secondary N) is 1. The number of fused-ring (bicyclic) bond motifs is 1. The summed E-state index contributed by atoms with van der Waals surface area (Å²) in [6.45, 7) is 2.80. The van der Waals surface area contributed by atoms with Gasteiger partial charge in [-0.25, -0.2) is 0 Å². The molecule has 2 aromatic carbocycles. The molecule has 0 aliphatic carbocycles. The van der Waals surface area contributed by atoms with Crippen LogP contribution in [0.5, 0.6) is 0 Å². The summed E-state index contributed by atoms with van der Waals surface area (Å²) >= 11 is 1.61. The SMILES string of the molecule is C[C@H]1C(=O)N(Cc2ccccc2)C[C@@H]2SC[C@H](NC(=O)c3ccccc3)C(=O)N21. The van der Waals surface area contributed by atoms with Gasteiger partial charge >= 0.3 is 0 Å². The fourth-order valence-electron chi connectivity index (χ4n) is 3.80. The van der Waals surface area contributed by atoms with Gasteiger partial charge in [-0.15, -0.1) is 11.8 Å². The average molecular weight is 410 g/mol. The third-order valence-corrected chi connectivity index (χ3v) is 6.63. The monoisotopic (exact) mass is 409 g/mol. The van der Waals surface area contributed by atoms with Gasteiger partial charge in [-0.1, -0.05) is 48.5 Å². The Hall–Kier alpha value is -2.80. The minimum absolute atomic E-state index is 0.0610. The van der Waals surface area contributed by atoms with E-state index in [4.69, 9.17) is 0 Å². The van der Waals surface area contributed by atoms with Gasteiger partial charge in [0.15, 0.2) is 0 Å². The molecule has 4 rings (SSSR count). The van der Waals surface area contributed by atoms with Crippen molar-refractivity contribution in [3.8, 4) is 0 Å². The lowest BCUT2D eigenvalue weighted by Crippen LogP contribution is -2.67. The highest BCUT2D eigenvalue weighted by molar-refractivity contribution is 8.00. The molecule has 29 heavy (non-hydrogen) atoms. The first-order valence-corrected chi connectivity index (χ1v) is 10.7. The zero-order valence-corrected chi connectivity index (χ0v) is 17.0. The fourth-order valence-corrected chi connectivity index (χ4v) is 5.18. The number of thioether (sulfide) groups is 1. The standard InChI is InChI=1S/C22H23N3O3S/c1-15-21(27)24(12-16-8-4-2-5-9-16)13-19-25(15)22(28)18(14-29-19)23-20(26)17-10-6-3-7-11-17/h2-11,15,18-19H,12-14H2,1H3,(H,23,26)/t15-,18-,19-/m0/s1. The van der Waals surface area contributed by atoms with Crippen molar-refractivity contribution in [2.24, 2.45) is 0 Å². The van der Waals surface area contributed by atoms with E-state index in [1.165, 1.54) is 0 Å². The van der Waals surface area contributed by atoms with Gasteiger partial charge in [-0.3, -0.25) is 14.4 Å². The van der Waals surface area contributed by atoms with E-state index >= 15 is 0 Å². The Balaban J connectivity index is 1.45. The molecular formula is C22H23N3O3S. The second-order valence-corrected chi connectivity index (χ2v) is 8.52. The molecule has 0 bridgehead atoms. The number of amides is 3. The van der Waals surface area contributed by atoms with E-state index in [0.29, 0.717) is 24.4 Å². The van der Waals surface area contributed by atoms with Crippen molar-refractivity contribution >= 4 is 29.5 Å². The van der Waals surface area contributed by atoms with E-state index < -0.39 is 12.1 Å². The highest BCUT2D eigenvalue weighted by Crippen LogP contribution is 2.32. The van der Waals surface area contributed by atoms with E-state index in [0.717, 1.165) is 5.56 Å². The van der Waals surface area contributed by atoms with Crippen molar-refractivity contribution in [3.05, 3.63) is 71.8 Å². The van der Waals surface area contributed by atoms with Crippen LogP contribution in [0.25, 0.3) is 0 Å². The van der Waals surface area contributed by atoms with E-state index in [1.54, 1.807) is 47.9 Å². The molecule has 2 aliphatic rings. The molecule has 7 heteroatoms. The van der Waals surface area contributed by atoms with Crippen molar-refractivity contribution in [3.63, 3.8) is 0 Å².